The average molecular weight is 404 g/mol. The first-order chi connectivity index (χ1) is 14.0. The fourth-order valence-electron chi connectivity index (χ4n) is 3.62. The number of aliphatic imine (C=N–C) groups is 1. The summed E-state index contributed by atoms with van der Waals surface area (Å²) in [6, 6.07) is 4.30. The third kappa shape index (κ3) is 6.22. The summed E-state index contributed by atoms with van der Waals surface area (Å²) in [7, 11) is 2.15. The first-order valence-electron chi connectivity index (χ1n) is 10.4. The number of anilines is 1. The number of piperidine rings is 1. The fourth-order valence-corrected chi connectivity index (χ4v) is 3.62. The normalized spacial score (nSPS) is 19.3. The van der Waals surface area contributed by atoms with E-state index < -0.39 is 0 Å². The first-order valence-corrected chi connectivity index (χ1v) is 10.4. The Morgan fingerprint density at radius 1 is 1.28 bits per heavy atom. The van der Waals surface area contributed by atoms with Crippen molar-refractivity contribution < 1.29 is 9.53 Å². The van der Waals surface area contributed by atoms with Gasteiger partial charge in [0.15, 0.2) is 5.96 Å². The van der Waals surface area contributed by atoms with Crippen molar-refractivity contribution in [3.63, 3.8) is 0 Å². The van der Waals surface area contributed by atoms with Crippen molar-refractivity contribution in [2.24, 2.45) is 10.7 Å². The van der Waals surface area contributed by atoms with Crippen molar-refractivity contribution in [2.75, 3.05) is 57.8 Å². The molecule has 0 saturated carbocycles. The molecule has 0 aliphatic carbocycles. The highest BCUT2D eigenvalue weighted by Gasteiger charge is 2.23. The Balaban J connectivity index is 1.46. The van der Waals surface area contributed by atoms with Crippen LogP contribution in [0.4, 0.5) is 10.6 Å². The van der Waals surface area contributed by atoms with E-state index in [9.17, 15) is 4.79 Å². The van der Waals surface area contributed by atoms with Crippen LogP contribution in [0.25, 0.3) is 0 Å². The monoisotopic (exact) mass is 403 g/mol. The maximum Gasteiger partial charge on any atom is 0.409 e. The number of likely N-dealkylation sites (tertiary alicyclic amines) is 1. The van der Waals surface area contributed by atoms with Gasteiger partial charge in [-0.2, -0.15) is 0 Å². The number of nitrogens with one attached hydrogen (secondary N) is 1. The molecule has 0 aromatic carbocycles. The average Bonchev–Trinajstić information content (AvgIpc) is 2.74. The number of pyridine rings is 1. The number of carbonyl (C=O) groups is 1. The van der Waals surface area contributed by atoms with Crippen molar-refractivity contribution in [1.29, 1.82) is 0 Å². The highest BCUT2D eigenvalue weighted by molar-refractivity contribution is 5.78. The lowest BCUT2D eigenvalue weighted by Crippen LogP contribution is -2.48. The topological polar surface area (TPSA) is 99.3 Å². The van der Waals surface area contributed by atoms with Crippen LogP contribution in [0, 0.1) is 0 Å². The minimum absolute atomic E-state index is 0.225. The van der Waals surface area contributed by atoms with Crippen molar-refractivity contribution in [3.8, 4) is 0 Å². The van der Waals surface area contributed by atoms with Crippen LogP contribution in [0.1, 0.15) is 25.3 Å². The minimum Gasteiger partial charge on any atom is -0.450 e. The van der Waals surface area contributed by atoms with Crippen molar-refractivity contribution in [2.45, 2.75) is 32.4 Å². The van der Waals surface area contributed by atoms with Gasteiger partial charge in [0.2, 0.25) is 0 Å². The number of nitrogens with zero attached hydrogens (tertiary/aromatic N) is 5. The molecule has 2 fully saturated rings. The van der Waals surface area contributed by atoms with Crippen LogP contribution < -0.4 is 16.0 Å². The Morgan fingerprint density at radius 3 is 2.69 bits per heavy atom. The number of aromatic nitrogens is 1. The molecule has 1 amide bonds. The lowest BCUT2D eigenvalue weighted by atomic mass is 10.1. The molecule has 0 unspecified atom stereocenters. The Labute approximate surface area is 172 Å². The number of guanidine groups is 1. The summed E-state index contributed by atoms with van der Waals surface area (Å²) in [4.78, 5) is 27.2. The molecule has 160 valence electrons. The van der Waals surface area contributed by atoms with Gasteiger partial charge in [-0.05, 0) is 44.5 Å². The number of nitrogens with two attached hydrogens (primary N) is 1. The second-order valence-corrected chi connectivity index (χ2v) is 7.62. The molecule has 3 N–H and O–H groups in total. The largest absolute Gasteiger partial charge is 0.450 e. The van der Waals surface area contributed by atoms with E-state index in [2.05, 4.69) is 38.2 Å². The second-order valence-electron chi connectivity index (χ2n) is 7.62. The first kappa shape index (κ1) is 21.2. The van der Waals surface area contributed by atoms with E-state index in [-0.39, 0.29) is 12.1 Å². The van der Waals surface area contributed by atoms with Crippen LogP contribution >= 0.6 is 0 Å². The Hall–Kier alpha value is -2.55. The molecular formula is C20H33N7O2. The summed E-state index contributed by atoms with van der Waals surface area (Å²) in [5, 5.41) is 3.28. The van der Waals surface area contributed by atoms with E-state index in [1.54, 1.807) is 4.90 Å². The van der Waals surface area contributed by atoms with Gasteiger partial charge in [0.25, 0.3) is 0 Å². The van der Waals surface area contributed by atoms with Crippen LogP contribution in [0.3, 0.4) is 0 Å². The third-order valence-corrected chi connectivity index (χ3v) is 5.44. The number of rotatable bonds is 5. The molecule has 1 aromatic rings. The summed E-state index contributed by atoms with van der Waals surface area (Å²) >= 11 is 0. The number of amides is 1. The molecule has 0 atom stereocenters. The van der Waals surface area contributed by atoms with Gasteiger partial charge in [-0.3, -0.25) is 0 Å². The van der Waals surface area contributed by atoms with E-state index in [4.69, 9.17) is 10.5 Å². The maximum atomic E-state index is 11.8. The molecule has 29 heavy (non-hydrogen) atoms. The van der Waals surface area contributed by atoms with Gasteiger partial charge >= 0.3 is 6.09 Å². The number of ether oxygens (including phenoxy) is 1. The molecular weight excluding hydrogens is 370 g/mol. The molecule has 9 heteroatoms. The van der Waals surface area contributed by atoms with Crippen LogP contribution in [0.5, 0.6) is 0 Å². The Bertz CT molecular complexity index is 696. The van der Waals surface area contributed by atoms with E-state index in [0.29, 0.717) is 32.2 Å². The smallest absolute Gasteiger partial charge is 0.409 e. The fraction of sp³-hybridized carbons (Fsp3) is 0.650. The number of likely N-dealkylation sites (N-methyl/N-ethyl adjacent to an activating group) is 1. The summed E-state index contributed by atoms with van der Waals surface area (Å²) in [6.07, 6.45) is 3.27. The standard InChI is InChI=1S/C20H33N7O2/c1-3-29-20(28)27-8-5-17(6-9-27)24-19(21)23-15-16-4-7-22-18(14-16)26-12-10-25(2)11-13-26/h4,7,14,17H,3,5-6,8-13,15H2,1-2H3,(H3,21,23,24). The second kappa shape index (κ2) is 10.3. The molecule has 3 heterocycles. The zero-order valence-corrected chi connectivity index (χ0v) is 17.5. The van der Waals surface area contributed by atoms with Crippen LogP contribution in [-0.2, 0) is 11.3 Å². The summed E-state index contributed by atoms with van der Waals surface area (Å²) in [5.74, 6) is 1.45. The highest BCUT2D eigenvalue weighted by atomic mass is 16.6. The zero-order chi connectivity index (χ0) is 20.6. The third-order valence-electron chi connectivity index (χ3n) is 5.44. The quantitative estimate of drug-likeness (QED) is 0.556. The molecule has 2 aliphatic rings. The van der Waals surface area contributed by atoms with E-state index in [1.807, 2.05) is 19.2 Å². The number of hydrogen-bond acceptors (Lipinski definition) is 6. The minimum atomic E-state index is -0.235. The SMILES string of the molecule is CCOC(=O)N1CCC(NC(N)=NCc2ccnc(N3CCN(C)CC3)c2)CC1. The van der Waals surface area contributed by atoms with Crippen LogP contribution in [0.15, 0.2) is 23.3 Å². The summed E-state index contributed by atoms with van der Waals surface area (Å²) in [6.45, 7) is 8.16. The van der Waals surface area contributed by atoms with E-state index in [0.717, 1.165) is 50.4 Å². The van der Waals surface area contributed by atoms with Crippen LogP contribution in [-0.4, -0.2) is 85.8 Å². The van der Waals surface area contributed by atoms with Gasteiger partial charge in [-0.1, -0.05) is 0 Å². The molecule has 2 saturated heterocycles. The molecule has 3 rings (SSSR count). The van der Waals surface area contributed by atoms with Crippen molar-refractivity contribution in [1.82, 2.24) is 20.1 Å². The summed E-state index contributed by atoms with van der Waals surface area (Å²) < 4.78 is 5.05. The van der Waals surface area contributed by atoms with Gasteiger partial charge < -0.3 is 30.5 Å². The molecule has 2 aliphatic heterocycles. The van der Waals surface area contributed by atoms with Gasteiger partial charge in [-0.15, -0.1) is 0 Å². The molecule has 1 aromatic heterocycles. The lowest BCUT2D eigenvalue weighted by molar-refractivity contribution is 0.0963. The van der Waals surface area contributed by atoms with Gasteiger partial charge in [0, 0.05) is 51.5 Å². The van der Waals surface area contributed by atoms with Gasteiger partial charge in [0.1, 0.15) is 5.82 Å². The number of carbonyl (C=O) groups excluding carboxylic acids is 1. The van der Waals surface area contributed by atoms with E-state index in [1.165, 1.54) is 0 Å². The number of hydrogen-bond donors (Lipinski definition) is 2. The molecule has 0 bridgehead atoms. The van der Waals surface area contributed by atoms with Gasteiger partial charge in [0.05, 0.1) is 13.2 Å². The van der Waals surface area contributed by atoms with Gasteiger partial charge in [-0.25, -0.2) is 14.8 Å². The predicted molar refractivity (Wildman–Crippen MR) is 114 cm³/mol. The Kier molecular flexibility index (Phi) is 7.51. The Morgan fingerprint density at radius 2 is 2.00 bits per heavy atom. The molecule has 0 spiro atoms. The highest BCUT2D eigenvalue weighted by Crippen LogP contribution is 2.15. The van der Waals surface area contributed by atoms with E-state index >= 15 is 0 Å². The number of piperazine rings is 1. The summed E-state index contributed by atoms with van der Waals surface area (Å²) in [5.41, 5.74) is 7.19. The van der Waals surface area contributed by atoms with Crippen molar-refractivity contribution in [3.05, 3.63) is 23.9 Å². The molecule has 0 radical (unpaired) electrons. The maximum absolute atomic E-state index is 11.8. The predicted octanol–water partition coefficient (Wildman–Crippen LogP) is 0.859. The molecule has 9 nitrogen and oxygen atoms in total. The van der Waals surface area contributed by atoms with Crippen LogP contribution in [0.2, 0.25) is 0 Å². The van der Waals surface area contributed by atoms with Crippen molar-refractivity contribution >= 4 is 17.9 Å². The zero-order valence-electron chi connectivity index (χ0n) is 17.5. The lowest BCUT2D eigenvalue weighted by Gasteiger charge is -2.33.